The van der Waals surface area contributed by atoms with E-state index in [1.54, 1.807) is 0 Å². The number of nitrogens with zero attached hydrogens (tertiary/aromatic N) is 3. The van der Waals surface area contributed by atoms with Crippen molar-refractivity contribution in [3.63, 3.8) is 0 Å². The van der Waals surface area contributed by atoms with Gasteiger partial charge in [0, 0.05) is 50.7 Å². The summed E-state index contributed by atoms with van der Waals surface area (Å²) in [6, 6.07) is -1.40. The molecule has 2 aliphatic rings. The largest absolute Gasteiger partial charge is 0.403 e. The molecule has 0 aromatic rings. The maximum absolute atomic E-state index is 12.9. The molecule has 160 valence electrons. The summed E-state index contributed by atoms with van der Waals surface area (Å²) in [5, 5.41) is 3.30. The average Bonchev–Trinajstić information content (AvgIpc) is 2.65. The van der Waals surface area contributed by atoms with Crippen LogP contribution in [0.2, 0.25) is 0 Å². The molecule has 0 radical (unpaired) electrons. The Morgan fingerprint density at radius 3 is 2.30 bits per heavy atom. The van der Waals surface area contributed by atoms with Gasteiger partial charge in [0.1, 0.15) is 6.04 Å². The van der Waals surface area contributed by atoms with Crippen LogP contribution in [0.5, 0.6) is 0 Å². The van der Waals surface area contributed by atoms with Crippen molar-refractivity contribution >= 4 is 41.7 Å². The number of rotatable bonds is 5. The fraction of sp³-hybridized carbons (Fsp3) is 0.941. The SMILES string of the molecule is CCNC(=NCC1(SC)CCOCC1)N1CCN(C(C)C(F)(F)F)CC1.I. The lowest BCUT2D eigenvalue weighted by atomic mass is 9.99. The lowest BCUT2D eigenvalue weighted by molar-refractivity contribution is -0.181. The van der Waals surface area contributed by atoms with E-state index in [1.165, 1.54) is 11.8 Å². The zero-order valence-electron chi connectivity index (χ0n) is 16.3. The molecular formula is C17H32F3IN4OS. The van der Waals surface area contributed by atoms with Gasteiger partial charge in [-0.15, -0.1) is 24.0 Å². The van der Waals surface area contributed by atoms with Crippen molar-refractivity contribution in [2.24, 2.45) is 4.99 Å². The molecule has 1 N–H and O–H groups in total. The first-order chi connectivity index (χ1) is 12.3. The van der Waals surface area contributed by atoms with Crippen LogP contribution in [0.1, 0.15) is 26.7 Å². The summed E-state index contributed by atoms with van der Waals surface area (Å²) in [5.74, 6) is 0.812. The van der Waals surface area contributed by atoms with Gasteiger partial charge >= 0.3 is 6.18 Å². The minimum atomic E-state index is -4.17. The van der Waals surface area contributed by atoms with E-state index >= 15 is 0 Å². The number of piperazine rings is 1. The van der Waals surface area contributed by atoms with Gasteiger partial charge in [-0.3, -0.25) is 9.89 Å². The zero-order valence-corrected chi connectivity index (χ0v) is 19.5. The number of alkyl halides is 3. The molecular weight excluding hydrogens is 492 g/mol. The van der Waals surface area contributed by atoms with Gasteiger partial charge in [-0.05, 0) is 32.9 Å². The van der Waals surface area contributed by atoms with Crippen molar-refractivity contribution in [1.29, 1.82) is 0 Å². The third-order valence-electron chi connectivity index (χ3n) is 5.32. The summed E-state index contributed by atoms with van der Waals surface area (Å²) >= 11 is 1.84. The summed E-state index contributed by atoms with van der Waals surface area (Å²) in [4.78, 5) is 8.42. The highest BCUT2D eigenvalue weighted by Gasteiger charge is 2.41. The fourth-order valence-electron chi connectivity index (χ4n) is 3.34. The maximum Gasteiger partial charge on any atom is 0.403 e. The van der Waals surface area contributed by atoms with Crippen LogP contribution in [0, 0.1) is 0 Å². The van der Waals surface area contributed by atoms with Crippen LogP contribution in [0.3, 0.4) is 0 Å². The van der Waals surface area contributed by atoms with E-state index in [-0.39, 0.29) is 28.7 Å². The van der Waals surface area contributed by atoms with Crippen molar-refractivity contribution in [3.05, 3.63) is 0 Å². The van der Waals surface area contributed by atoms with Gasteiger partial charge in [-0.25, -0.2) is 0 Å². The van der Waals surface area contributed by atoms with Crippen LogP contribution in [0.4, 0.5) is 13.2 Å². The third-order valence-corrected chi connectivity index (χ3v) is 6.73. The highest BCUT2D eigenvalue weighted by atomic mass is 127. The Morgan fingerprint density at radius 1 is 1.22 bits per heavy atom. The van der Waals surface area contributed by atoms with Crippen LogP contribution in [-0.4, -0.2) is 91.5 Å². The standard InChI is InChI=1S/C17H31F3N4OS.HI/c1-4-21-15(22-13-16(26-3)5-11-25-12-6-16)24-9-7-23(8-10-24)14(2)17(18,19)20;/h14H,4-13H2,1-3H3,(H,21,22);1H. The summed E-state index contributed by atoms with van der Waals surface area (Å²) < 4.78 is 44.3. The Balaban J connectivity index is 0.00000364. The minimum absolute atomic E-state index is 0. The number of ether oxygens (including phenoxy) is 1. The molecule has 1 atom stereocenters. The zero-order chi connectivity index (χ0) is 19.2. The number of hydrogen-bond donors (Lipinski definition) is 1. The molecule has 2 heterocycles. The minimum Gasteiger partial charge on any atom is -0.381 e. The summed E-state index contributed by atoms with van der Waals surface area (Å²) in [6.45, 7) is 8.13. The molecule has 0 aliphatic carbocycles. The van der Waals surface area contributed by atoms with Gasteiger partial charge in [0.15, 0.2) is 5.96 Å². The highest BCUT2D eigenvalue weighted by molar-refractivity contribution is 14.0. The number of halogens is 4. The van der Waals surface area contributed by atoms with E-state index in [1.807, 2.05) is 18.7 Å². The number of thioether (sulfide) groups is 1. The van der Waals surface area contributed by atoms with E-state index in [2.05, 4.69) is 16.5 Å². The van der Waals surface area contributed by atoms with Gasteiger partial charge in [-0.1, -0.05) is 0 Å². The quantitative estimate of drug-likeness (QED) is 0.340. The normalized spacial score (nSPS) is 22.9. The van der Waals surface area contributed by atoms with Crippen LogP contribution in [0.25, 0.3) is 0 Å². The molecule has 10 heteroatoms. The third kappa shape index (κ3) is 7.11. The van der Waals surface area contributed by atoms with Gasteiger partial charge in [-0.2, -0.15) is 24.9 Å². The molecule has 5 nitrogen and oxygen atoms in total. The topological polar surface area (TPSA) is 40.1 Å². The van der Waals surface area contributed by atoms with Crippen molar-refractivity contribution in [3.8, 4) is 0 Å². The molecule has 0 spiro atoms. The predicted octanol–water partition coefficient (Wildman–Crippen LogP) is 3.05. The summed E-state index contributed by atoms with van der Waals surface area (Å²) in [7, 11) is 0. The molecule has 2 saturated heterocycles. The maximum atomic E-state index is 12.9. The van der Waals surface area contributed by atoms with E-state index in [9.17, 15) is 13.2 Å². The van der Waals surface area contributed by atoms with E-state index in [0.717, 1.165) is 38.6 Å². The predicted molar refractivity (Wildman–Crippen MR) is 116 cm³/mol. The lowest BCUT2D eigenvalue weighted by Gasteiger charge is -2.40. The molecule has 2 aliphatic heterocycles. The van der Waals surface area contributed by atoms with Crippen LogP contribution in [-0.2, 0) is 4.74 Å². The Morgan fingerprint density at radius 2 is 1.81 bits per heavy atom. The second kappa shape index (κ2) is 11.3. The Bertz CT molecular complexity index is 468. The first-order valence-corrected chi connectivity index (χ1v) is 10.5. The number of aliphatic imine (C=N–C) groups is 1. The highest BCUT2D eigenvalue weighted by Crippen LogP contribution is 2.34. The first-order valence-electron chi connectivity index (χ1n) is 9.28. The van der Waals surface area contributed by atoms with Gasteiger partial charge in [0.05, 0.1) is 6.54 Å². The number of guanidine groups is 1. The molecule has 0 aromatic carbocycles. The van der Waals surface area contributed by atoms with E-state index in [0.29, 0.717) is 32.7 Å². The second-order valence-corrected chi connectivity index (χ2v) is 8.18. The molecule has 1 unspecified atom stereocenters. The summed E-state index contributed by atoms with van der Waals surface area (Å²) in [6.07, 6.45) is -0.0957. The lowest BCUT2D eigenvalue weighted by Crippen LogP contribution is -2.57. The van der Waals surface area contributed by atoms with E-state index < -0.39 is 12.2 Å². The molecule has 0 aromatic heterocycles. The monoisotopic (exact) mass is 524 g/mol. The Kier molecular flexibility index (Phi) is 10.5. The second-order valence-electron chi connectivity index (χ2n) is 6.91. The fourth-order valence-corrected chi connectivity index (χ4v) is 4.11. The number of nitrogens with one attached hydrogen (secondary N) is 1. The van der Waals surface area contributed by atoms with E-state index in [4.69, 9.17) is 9.73 Å². The molecule has 0 saturated carbocycles. The van der Waals surface area contributed by atoms with Crippen molar-refractivity contribution in [1.82, 2.24) is 15.1 Å². The molecule has 0 bridgehead atoms. The van der Waals surface area contributed by atoms with Crippen molar-refractivity contribution in [2.75, 3.05) is 58.7 Å². The van der Waals surface area contributed by atoms with Crippen LogP contribution >= 0.6 is 35.7 Å². The molecule has 0 amide bonds. The van der Waals surface area contributed by atoms with Crippen molar-refractivity contribution in [2.45, 2.75) is 43.7 Å². The van der Waals surface area contributed by atoms with Crippen LogP contribution < -0.4 is 5.32 Å². The smallest absolute Gasteiger partial charge is 0.381 e. The van der Waals surface area contributed by atoms with Crippen LogP contribution in [0.15, 0.2) is 4.99 Å². The van der Waals surface area contributed by atoms with Gasteiger partial charge in [0.2, 0.25) is 0 Å². The van der Waals surface area contributed by atoms with Gasteiger partial charge < -0.3 is 15.0 Å². The Hall–Kier alpha value is 0.0600. The first kappa shape index (κ1) is 25.1. The van der Waals surface area contributed by atoms with Gasteiger partial charge in [0.25, 0.3) is 0 Å². The molecule has 27 heavy (non-hydrogen) atoms. The summed E-state index contributed by atoms with van der Waals surface area (Å²) in [5.41, 5.74) is 0. The van der Waals surface area contributed by atoms with Crippen molar-refractivity contribution < 1.29 is 17.9 Å². The molecule has 2 fully saturated rings. The number of hydrogen-bond acceptors (Lipinski definition) is 4. The average molecular weight is 524 g/mol. The molecule has 2 rings (SSSR count). The Labute approximate surface area is 181 Å².